The first kappa shape index (κ1) is 12.4. The maximum Gasteiger partial charge on any atom is 0.263 e. The van der Waals surface area contributed by atoms with Gasteiger partial charge in [-0.25, -0.2) is 4.98 Å². The Bertz CT molecular complexity index is 419. The summed E-state index contributed by atoms with van der Waals surface area (Å²) in [6.45, 7) is 9.53. The van der Waals surface area contributed by atoms with Crippen molar-refractivity contribution in [3.63, 3.8) is 0 Å². The van der Waals surface area contributed by atoms with Gasteiger partial charge in [0, 0.05) is 0 Å². The summed E-state index contributed by atoms with van der Waals surface area (Å²) in [6.07, 6.45) is -0.000182. The zero-order chi connectivity index (χ0) is 12.3. The Morgan fingerprint density at radius 1 is 1.31 bits per heavy atom. The number of hydrogen-bond donors (Lipinski definition) is 1. The van der Waals surface area contributed by atoms with E-state index >= 15 is 0 Å². The first-order valence-electron chi connectivity index (χ1n) is 5.36. The van der Waals surface area contributed by atoms with Crippen molar-refractivity contribution < 1.29 is 4.74 Å². The second-order valence-corrected chi connectivity index (χ2v) is 3.32. The molecule has 0 unspecified atom stereocenters. The molecule has 2 rings (SSSR count). The van der Waals surface area contributed by atoms with Gasteiger partial charge in [-0.15, -0.1) is 15.0 Å². The third kappa shape index (κ3) is 2.26. The second kappa shape index (κ2) is 4.87. The van der Waals surface area contributed by atoms with Gasteiger partial charge in [-0.05, 0) is 20.8 Å². The predicted molar refractivity (Wildman–Crippen MR) is 62.0 cm³/mol. The van der Waals surface area contributed by atoms with Crippen LogP contribution < -0.4 is 0 Å². The van der Waals surface area contributed by atoms with Crippen LogP contribution in [0.15, 0.2) is 5.10 Å². The molecule has 0 atom stereocenters. The fourth-order valence-electron chi connectivity index (χ4n) is 1.17. The van der Waals surface area contributed by atoms with Gasteiger partial charge in [0.2, 0.25) is 5.82 Å². The Morgan fingerprint density at radius 3 is 2.44 bits per heavy atom. The van der Waals surface area contributed by atoms with Gasteiger partial charge in [-0.3, -0.25) is 5.41 Å². The van der Waals surface area contributed by atoms with Gasteiger partial charge in [-0.1, -0.05) is 13.8 Å². The Morgan fingerprint density at radius 2 is 1.94 bits per heavy atom. The molecule has 0 saturated carbocycles. The monoisotopic (exact) mass is 223 g/mol. The molecule has 1 aromatic rings. The van der Waals surface area contributed by atoms with E-state index in [0.29, 0.717) is 11.6 Å². The van der Waals surface area contributed by atoms with E-state index in [2.05, 4.69) is 15.2 Å². The molecule has 6 nitrogen and oxygen atoms in total. The highest BCUT2D eigenvalue weighted by Crippen LogP contribution is 2.10. The quantitative estimate of drug-likeness (QED) is 0.785. The van der Waals surface area contributed by atoms with Crippen LogP contribution >= 0.6 is 0 Å². The van der Waals surface area contributed by atoms with Crippen LogP contribution in [0.25, 0.3) is 0 Å². The summed E-state index contributed by atoms with van der Waals surface area (Å²) in [5.41, 5.74) is 0.194. The largest absolute Gasteiger partial charge is 0.472 e. The molecule has 16 heavy (non-hydrogen) atoms. The second-order valence-electron chi connectivity index (χ2n) is 3.32. The minimum atomic E-state index is -0.000182. The first-order valence-corrected chi connectivity index (χ1v) is 5.36. The molecule has 0 radical (unpaired) electrons. The number of aromatic nitrogens is 3. The van der Waals surface area contributed by atoms with E-state index in [-0.39, 0.29) is 17.7 Å². The van der Waals surface area contributed by atoms with E-state index in [1.807, 2.05) is 27.7 Å². The van der Waals surface area contributed by atoms with Gasteiger partial charge in [0.15, 0.2) is 11.5 Å². The molecule has 88 valence electrons. The van der Waals surface area contributed by atoms with Crippen molar-refractivity contribution in [1.82, 2.24) is 14.9 Å². The number of rotatable bonds is 1. The van der Waals surface area contributed by atoms with Crippen molar-refractivity contribution in [1.29, 1.82) is 5.41 Å². The molecule has 0 fully saturated rings. The van der Waals surface area contributed by atoms with Crippen molar-refractivity contribution >= 4 is 11.6 Å². The summed E-state index contributed by atoms with van der Waals surface area (Å²) in [5.74, 6) is 1.34. The molecule has 0 amide bonds. The van der Waals surface area contributed by atoms with Crippen LogP contribution in [0, 0.1) is 12.3 Å². The topological polar surface area (TPSA) is 76.2 Å². The number of hydrogen-bond acceptors (Lipinski definition) is 5. The van der Waals surface area contributed by atoms with E-state index in [4.69, 9.17) is 10.1 Å². The van der Waals surface area contributed by atoms with Gasteiger partial charge >= 0.3 is 0 Å². The maximum atomic E-state index is 7.72. The van der Waals surface area contributed by atoms with Crippen molar-refractivity contribution in [2.45, 2.75) is 40.7 Å². The summed E-state index contributed by atoms with van der Waals surface area (Å²) in [7, 11) is 0. The van der Waals surface area contributed by atoms with Crippen LogP contribution in [0.1, 0.15) is 39.3 Å². The molecule has 1 aliphatic rings. The molecule has 6 heteroatoms. The van der Waals surface area contributed by atoms with E-state index in [1.54, 1.807) is 6.92 Å². The normalized spacial score (nSPS) is 13.1. The molecule has 1 aromatic heterocycles. The van der Waals surface area contributed by atoms with Gasteiger partial charge < -0.3 is 4.74 Å². The lowest BCUT2D eigenvalue weighted by molar-refractivity contribution is 0.232. The molecule has 0 aromatic carbocycles. The Labute approximate surface area is 94.8 Å². The first-order chi connectivity index (χ1) is 7.58. The highest BCUT2D eigenvalue weighted by molar-refractivity contribution is 6.44. The van der Waals surface area contributed by atoms with E-state index < -0.39 is 0 Å². The standard InChI is InChI=1S/C8H11N5O.C2H6/c1-4(2)14-8-6(9)7-10-5(3)11-13(7)12-8;1-2/h4,9H,1-3H3;1-2H3. The molecule has 0 aliphatic carbocycles. The third-order valence-corrected chi connectivity index (χ3v) is 1.67. The minimum absolute atomic E-state index is 0.000182. The van der Waals surface area contributed by atoms with Crippen LogP contribution in [0.2, 0.25) is 0 Å². The SMILES string of the molecule is CC.Cc1nc2n(n1)N=C(OC(C)C)C2=N. The van der Waals surface area contributed by atoms with Crippen LogP contribution in [-0.2, 0) is 4.74 Å². The minimum Gasteiger partial charge on any atom is -0.472 e. The van der Waals surface area contributed by atoms with E-state index in [1.165, 1.54) is 4.79 Å². The average Bonchev–Trinajstić information content (AvgIpc) is 2.70. The van der Waals surface area contributed by atoms with Crippen molar-refractivity contribution in [2.75, 3.05) is 0 Å². The molecular weight excluding hydrogens is 206 g/mol. The number of fused-ring (bicyclic) bond motifs is 1. The van der Waals surface area contributed by atoms with Gasteiger partial charge in [0.1, 0.15) is 0 Å². The fourth-order valence-corrected chi connectivity index (χ4v) is 1.17. The van der Waals surface area contributed by atoms with Crippen LogP contribution in [0.5, 0.6) is 0 Å². The van der Waals surface area contributed by atoms with Gasteiger partial charge in [0.05, 0.1) is 6.10 Å². The molecule has 1 aliphatic heterocycles. The van der Waals surface area contributed by atoms with E-state index in [0.717, 1.165) is 0 Å². The van der Waals surface area contributed by atoms with Gasteiger partial charge in [-0.2, -0.15) is 0 Å². The number of nitrogens with zero attached hydrogens (tertiary/aromatic N) is 4. The number of aryl methyl sites for hydroxylation is 1. The molecule has 0 saturated heterocycles. The molecule has 2 heterocycles. The lowest BCUT2D eigenvalue weighted by Gasteiger charge is -2.06. The molecule has 1 N–H and O–H groups in total. The highest BCUT2D eigenvalue weighted by atomic mass is 16.5. The summed E-state index contributed by atoms with van der Waals surface area (Å²) >= 11 is 0. The third-order valence-electron chi connectivity index (χ3n) is 1.67. The van der Waals surface area contributed by atoms with Gasteiger partial charge in [0.25, 0.3) is 5.90 Å². The number of nitrogens with one attached hydrogen (secondary N) is 1. The lowest BCUT2D eigenvalue weighted by atomic mass is 10.3. The Hall–Kier alpha value is -1.72. The summed E-state index contributed by atoms with van der Waals surface area (Å²) in [4.78, 5) is 5.39. The van der Waals surface area contributed by atoms with Crippen LogP contribution in [-0.4, -0.2) is 32.6 Å². The van der Waals surface area contributed by atoms with E-state index in [9.17, 15) is 0 Å². The molecule has 0 spiro atoms. The zero-order valence-electron chi connectivity index (χ0n) is 10.3. The van der Waals surface area contributed by atoms with Crippen molar-refractivity contribution in [3.8, 4) is 0 Å². The Balaban J connectivity index is 0.000000606. The summed E-state index contributed by atoms with van der Waals surface area (Å²) < 4.78 is 5.33. The maximum absolute atomic E-state index is 7.72. The van der Waals surface area contributed by atoms with Crippen LogP contribution in [0.4, 0.5) is 0 Å². The highest BCUT2D eigenvalue weighted by Gasteiger charge is 2.26. The smallest absolute Gasteiger partial charge is 0.263 e. The van der Waals surface area contributed by atoms with Crippen LogP contribution in [0.3, 0.4) is 0 Å². The zero-order valence-corrected chi connectivity index (χ0v) is 10.3. The summed E-state index contributed by atoms with van der Waals surface area (Å²) in [5, 5.41) is 15.7. The summed E-state index contributed by atoms with van der Waals surface area (Å²) in [6, 6.07) is 0. The van der Waals surface area contributed by atoms with Crippen molar-refractivity contribution in [3.05, 3.63) is 11.6 Å². The average molecular weight is 223 g/mol. The lowest BCUT2D eigenvalue weighted by Crippen LogP contribution is -2.18. The molecular formula is C10H17N5O. The number of ether oxygens (including phenoxy) is 1. The molecule has 0 bridgehead atoms. The van der Waals surface area contributed by atoms with Crippen molar-refractivity contribution in [2.24, 2.45) is 5.10 Å². The Kier molecular flexibility index (Phi) is 3.76. The predicted octanol–water partition coefficient (Wildman–Crippen LogP) is 1.58. The fraction of sp³-hybridized carbons (Fsp3) is 0.600.